The lowest BCUT2D eigenvalue weighted by Crippen LogP contribution is -2.40. The molecular weight excluding hydrogens is 288 g/mol. The minimum atomic E-state index is -0.942. The van der Waals surface area contributed by atoms with Gasteiger partial charge in [0.15, 0.2) is 5.13 Å². The van der Waals surface area contributed by atoms with Crippen LogP contribution in [0.4, 0.5) is 5.13 Å². The van der Waals surface area contributed by atoms with Gasteiger partial charge in [-0.15, -0.1) is 11.3 Å². The van der Waals surface area contributed by atoms with Gasteiger partial charge in [0.1, 0.15) is 5.41 Å². The predicted octanol–water partition coefficient (Wildman–Crippen LogP) is 2.90. The number of hydrogen-bond acceptors (Lipinski definition) is 5. The van der Waals surface area contributed by atoms with E-state index in [1.54, 1.807) is 13.8 Å². The molecule has 0 bridgehead atoms. The van der Waals surface area contributed by atoms with E-state index in [-0.39, 0.29) is 6.10 Å². The second-order valence-electron chi connectivity index (χ2n) is 6.03. The predicted molar refractivity (Wildman–Crippen MR) is 84.3 cm³/mol. The molecule has 21 heavy (non-hydrogen) atoms. The number of hydrogen-bond donors (Lipinski definition) is 1. The zero-order valence-corrected chi connectivity index (χ0v) is 13.8. The van der Waals surface area contributed by atoms with Gasteiger partial charge in [-0.3, -0.25) is 4.79 Å². The van der Waals surface area contributed by atoms with Gasteiger partial charge in [-0.2, -0.15) is 0 Å². The standard InChI is InChI=1S/C15H24N2O3S/c1-4-8-20-11-6-5-7-17(9-11)14-16-12(10-21-14)15(2,3)13(18)19/h10-11H,4-9H2,1-3H3,(H,18,19). The lowest BCUT2D eigenvalue weighted by atomic mass is 9.90. The molecule has 2 rings (SSSR count). The number of anilines is 1. The first-order chi connectivity index (χ1) is 9.95. The minimum Gasteiger partial charge on any atom is -0.481 e. The van der Waals surface area contributed by atoms with E-state index in [2.05, 4.69) is 16.8 Å². The van der Waals surface area contributed by atoms with E-state index >= 15 is 0 Å². The van der Waals surface area contributed by atoms with Gasteiger partial charge in [0.2, 0.25) is 0 Å². The summed E-state index contributed by atoms with van der Waals surface area (Å²) in [6.07, 6.45) is 3.48. The summed E-state index contributed by atoms with van der Waals surface area (Å²) in [5.41, 5.74) is -0.311. The van der Waals surface area contributed by atoms with Crippen molar-refractivity contribution < 1.29 is 14.6 Å². The van der Waals surface area contributed by atoms with Gasteiger partial charge in [0, 0.05) is 25.1 Å². The number of aliphatic carboxylic acids is 1. The van der Waals surface area contributed by atoms with Crippen molar-refractivity contribution >= 4 is 22.4 Å². The van der Waals surface area contributed by atoms with Crippen LogP contribution in [0, 0.1) is 0 Å². The summed E-state index contributed by atoms with van der Waals surface area (Å²) in [5.74, 6) is -0.845. The maximum atomic E-state index is 11.3. The maximum absolute atomic E-state index is 11.3. The summed E-state index contributed by atoms with van der Waals surface area (Å²) in [7, 11) is 0. The van der Waals surface area contributed by atoms with Crippen LogP contribution in [0.3, 0.4) is 0 Å². The van der Waals surface area contributed by atoms with Gasteiger partial charge in [-0.25, -0.2) is 4.98 Å². The van der Waals surface area contributed by atoms with E-state index in [9.17, 15) is 9.90 Å². The first-order valence-corrected chi connectivity index (χ1v) is 8.39. The van der Waals surface area contributed by atoms with E-state index in [0.29, 0.717) is 5.69 Å². The Morgan fingerprint density at radius 1 is 1.62 bits per heavy atom. The largest absolute Gasteiger partial charge is 0.481 e. The minimum absolute atomic E-state index is 0.263. The molecule has 1 fully saturated rings. The molecule has 2 heterocycles. The second-order valence-corrected chi connectivity index (χ2v) is 6.86. The highest BCUT2D eigenvalue weighted by molar-refractivity contribution is 7.13. The Labute approximate surface area is 129 Å². The first-order valence-electron chi connectivity index (χ1n) is 7.51. The highest BCUT2D eigenvalue weighted by atomic mass is 32.1. The Morgan fingerprint density at radius 2 is 2.38 bits per heavy atom. The summed E-state index contributed by atoms with van der Waals surface area (Å²) >= 11 is 1.52. The average Bonchev–Trinajstić information content (AvgIpc) is 2.95. The van der Waals surface area contributed by atoms with Gasteiger partial charge in [0.05, 0.1) is 11.8 Å². The van der Waals surface area contributed by atoms with Crippen LogP contribution in [0.2, 0.25) is 0 Å². The molecule has 5 nitrogen and oxygen atoms in total. The Hall–Kier alpha value is -1.14. The number of piperidine rings is 1. The summed E-state index contributed by atoms with van der Waals surface area (Å²) in [6.45, 7) is 8.11. The fourth-order valence-corrected chi connectivity index (χ4v) is 3.37. The summed E-state index contributed by atoms with van der Waals surface area (Å²) in [4.78, 5) is 18.1. The Bertz CT molecular complexity index is 487. The number of carboxylic acid groups (broad SMARTS) is 1. The van der Waals surface area contributed by atoms with E-state index in [1.807, 2.05) is 5.38 Å². The molecule has 0 saturated carbocycles. The van der Waals surface area contributed by atoms with E-state index in [4.69, 9.17) is 4.74 Å². The molecule has 118 valence electrons. The number of aromatic nitrogens is 1. The Morgan fingerprint density at radius 3 is 3.05 bits per heavy atom. The zero-order chi connectivity index (χ0) is 15.5. The molecule has 1 saturated heterocycles. The fourth-order valence-electron chi connectivity index (χ4n) is 2.34. The zero-order valence-electron chi connectivity index (χ0n) is 13.0. The molecule has 1 aromatic rings. The van der Waals surface area contributed by atoms with E-state index in [1.165, 1.54) is 11.3 Å². The van der Waals surface area contributed by atoms with Gasteiger partial charge in [-0.1, -0.05) is 6.92 Å². The van der Waals surface area contributed by atoms with Crippen LogP contribution >= 0.6 is 11.3 Å². The quantitative estimate of drug-likeness (QED) is 0.875. The van der Waals surface area contributed by atoms with E-state index < -0.39 is 11.4 Å². The lowest BCUT2D eigenvalue weighted by molar-refractivity contribution is -0.142. The molecule has 1 aliphatic heterocycles. The van der Waals surface area contributed by atoms with Gasteiger partial charge >= 0.3 is 5.97 Å². The van der Waals surface area contributed by atoms with Crippen molar-refractivity contribution in [2.45, 2.75) is 51.6 Å². The molecule has 1 aromatic heterocycles. The number of rotatable bonds is 6. The lowest BCUT2D eigenvalue weighted by Gasteiger charge is -2.32. The molecule has 0 aliphatic carbocycles. The average molecular weight is 312 g/mol. The van der Waals surface area contributed by atoms with Crippen molar-refractivity contribution in [1.82, 2.24) is 4.98 Å². The maximum Gasteiger partial charge on any atom is 0.315 e. The topological polar surface area (TPSA) is 62.7 Å². The highest BCUT2D eigenvalue weighted by Crippen LogP contribution is 2.31. The molecule has 1 atom stereocenters. The number of carbonyl (C=O) groups is 1. The number of carboxylic acids is 1. The van der Waals surface area contributed by atoms with Crippen LogP contribution in [0.1, 0.15) is 45.7 Å². The first kappa shape index (κ1) is 16.2. The van der Waals surface area contributed by atoms with Crippen molar-refractivity contribution in [2.24, 2.45) is 0 Å². The SMILES string of the molecule is CCCOC1CCCN(c2nc(C(C)(C)C(=O)O)cs2)C1. The smallest absolute Gasteiger partial charge is 0.315 e. The third-order valence-corrected chi connectivity index (χ3v) is 4.77. The van der Waals surface area contributed by atoms with Crippen molar-refractivity contribution in [2.75, 3.05) is 24.6 Å². The van der Waals surface area contributed by atoms with Gasteiger partial charge in [-0.05, 0) is 33.1 Å². The van der Waals surface area contributed by atoms with Crippen LogP contribution in [-0.2, 0) is 14.9 Å². The van der Waals surface area contributed by atoms with Gasteiger partial charge < -0.3 is 14.7 Å². The van der Waals surface area contributed by atoms with E-state index in [0.717, 1.165) is 44.1 Å². The molecule has 1 unspecified atom stereocenters. The van der Waals surface area contributed by atoms with Crippen LogP contribution in [-0.4, -0.2) is 41.9 Å². The van der Waals surface area contributed by atoms with Crippen molar-refractivity contribution in [3.63, 3.8) is 0 Å². The summed E-state index contributed by atoms with van der Waals surface area (Å²) < 4.78 is 5.84. The van der Waals surface area contributed by atoms with Crippen molar-refractivity contribution in [3.8, 4) is 0 Å². The molecule has 0 aromatic carbocycles. The van der Waals surface area contributed by atoms with Crippen molar-refractivity contribution in [3.05, 3.63) is 11.1 Å². The van der Waals surface area contributed by atoms with Crippen LogP contribution in [0.15, 0.2) is 5.38 Å². The molecule has 0 amide bonds. The van der Waals surface area contributed by atoms with Crippen LogP contribution in [0.25, 0.3) is 0 Å². The van der Waals surface area contributed by atoms with Crippen LogP contribution in [0.5, 0.6) is 0 Å². The van der Waals surface area contributed by atoms with Crippen molar-refractivity contribution in [1.29, 1.82) is 0 Å². The van der Waals surface area contributed by atoms with Crippen LogP contribution < -0.4 is 4.90 Å². The monoisotopic (exact) mass is 312 g/mol. The highest BCUT2D eigenvalue weighted by Gasteiger charge is 2.33. The number of thiazole rings is 1. The third kappa shape index (κ3) is 3.74. The fraction of sp³-hybridized carbons (Fsp3) is 0.733. The Kier molecular flexibility index (Phi) is 5.22. The van der Waals surface area contributed by atoms with Gasteiger partial charge in [0.25, 0.3) is 0 Å². The summed E-state index contributed by atoms with van der Waals surface area (Å²) in [5, 5.41) is 12.1. The molecule has 1 N–H and O–H groups in total. The second kappa shape index (κ2) is 6.75. The molecule has 0 spiro atoms. The molecule has 1 aliphatic rings. The summed E-state index contributed by atoms with van der Waals surface area (Å²) in [6, 6.07) is 0. The molecular formula is C15H24N2O3S. The third-order valence-electron chi connectivity index (χ3n) is 3.87. The number of nitrogens with zero attached hydrogens (tertiary/aromatic N) is 2. The Balaban J connectivity index is 2.05. The normalized spacial score (nSPS) is 19.8. The number of ether oxygens (including phenoxy) is 1. The molecule has 0 radical (unpaired) electrons. The molecule has 6 heteroatoms.